The SMILES string of the molecule is COC(=O)[C@H]1CCCN(Cc2cccc(C#N)c2F)C1. The van der Waals surface area contributed by atoms with Crippen molar-refractivity contribution in [3.8, 4) is 6.07 Å². The average molecular weight is 276 g/mol. The molecule has 20 heavy (non-hydrogen) atoms. The van der Waals surface area contributed by atoms with E-state index >= 15 is 0 Å². The predicted octanol–water partition coefficient (Wildman–Crippen LogP) is 2.08. The first-order valence-electron chi connectivity index (χ1n) is 6.63. The second-order valence-corrected chi connectivity index (χ2v) is 4.99. The fourth-order valence-corrected chi connectivity index (χ4v) is 2.59. The van der Waals surface area contributed by atoms with Crippen molar-refractivity contribution in [1.29, 1.82) is 5.26 Å². The van der Waals surface area contributed by atoms with Crippen LogP contribution in [0.3, 0.4) is 0 Å². The Morgan fingerprint density at radius 3 is 3.10 bits per heavy atom. The summed E-state index contributed by atoms with van der Waals surface area (Å²) < 4.78 is 18.8. The van der Waals surface area contributed by atoms with Crippen LogP contribution in [0.4, 0.5) is 4.39 Å². The molecule has 0 aliphatic carbocycles. The summed E-state index contributed by atoms with van der Waals surface area (Å²) in [4.78, 5) is 13.6. The molecule has 1 aromatic carbocycles. The maximum Gasteiger partial charge on any atom is 0.309 e. The number of rotatable bonds is 3. The van der Waals surface area contributed by atoms with Crippen LogP contribution in [0.15, 0.2) is 18.2 Å². The molecule has 106 valence electrons. The summed E-state index contributed by atoms with van der Waals surface area (Å²) in [7, 11) is 1.39. The van der Waals surface area contributed by atoms with Gasteiger partial charge in [0.05, 0.1) is 18.6 Å². The van der Waals surface area contributed by atoms with Gasteiger partial charge < -0.3 is 4.74 Å². The Bertz CT molecular complexity index is 539. The summed E-state index contributed by atoms with van der Waals surface area (Å²) in [6, 6.07) is 6.66. The number of esters is 1. The van der Waals surface area contributed by atoms with Gasteiger partial charge in [0.15, 0.2) is 0 Å². The monoisotopic (exact) mass is 276 g/mol. The summed E-state index contributed by atoms with van der Waals surface area (Å²) in [6.45, 7) is 1.81. The molecule has 1 aromatic rings. The number of ether oxygens (including phenoxy) is 1. The minimum Gasteiger partial charge on any atom is -0.469 e. The van der Waals surface area contributed by atoms with Crippen molar-refractivity contribution >= 4 is 5.97 Å². The van der Waals surface area contributed by atoms with Crippen LogP contribution < -0.4 is 0 Å². The van der Waals surface area contributed by atoms with Crippen LogP contribution in [-0.2, 0) is 16.1 Å². The third-order valence-electron chi connectivity index (χ3n) is 3.63. The number of likely N-dealkylation sites (tertiary alicyclic amines) is 1. The van der Waals surface area contributed by atoms with Crippen LogP contribution in [0.25, 0.3) is 0 Å². The van der Waals surface area contributed by atoms with Gasteiger partial charge >= 0.3 is 5.97 Å². The van der Waals surface area contributed by atoms with Gasteiger partial charge in [-0.3, -0.25) is 9.69 Å². The Kier molecular flexibility index (Phi) is 4.70. The first-order valence-corrected chi connectivity index (χ1v) is 6.63. The lowest BCUT2D eigenvalue weighted by molar-refractivity contribution is -0.147. The van der Waals surface area contributed by atoms with E-state index in [9.17, 15) is 9.18 Å². The van der Waals surface area contributed by atoms with E-state index in [1.54, 1.807) is 12.1 Å². The fourth-order valence-electron chi connectivity index (χ4n) is 2.59. The van der Waals surface area contributed by atoms with E-state index in [4.69, 9.17) is 10.00 Å². The minimum absolute atomic E-state index is 0.0593. The Morgan fingerprint density at radius 2 is 2.40 bits per heavy atom. The van der Waals surface area contributed by atoms with Crippen LogP contribution in [0.2, 0.25) is 0 Å². The van der Waals surface area contributed by atoms with Crippen LogP contribution in [0.1, 0.15) is 24.0 Å². The van der Waals surface area contributed by atoms with Gasteiger partial charge in [-0.2, -0.15) is 5.26 Å². The molecule has 1 heterocycles. The molecule has 0 bridgehead atoms. The lowest BCUT2D eigenvalue weighted by Crippen LogP contribution is -2.38. The summed E-state index contributed by atoms with van der Waals surface area (Å²) in [5, 5.41) is 8.83. The number of nitriles is 1. The van der Waals surface area contributed by atoms with Gasteiger partial charge in [-0.25, -0.2) is 4.39 Å². The van der Waals surface area contributed by atoms with Gasteiger partial charge in [0.2, 0.25) is 0 Å². The second kappa shape index (κ2) is 6.49. The second-order valence-electron chi connectivity index (χ2n) is 4.99. The molecule has 0 saturated carbocycles. The van der Waals surface area contributed by atoms with Crippen molar-refractivity contribution in [3.63, 3.8) is 0 Å². The fraction of sp³-hybridized carbons (Fsp3) is 0.467. The molecule has 2 rings (SSSR count). The molecular weight excluding hydrogens is 259 g/mol. The Balaban J connectivity index is 2.07. The molecule has 1 aliphatic heterocycles. The summed E-state index contributed by atoms with van der Waals surface area (Å²) >= 11 is 0. The number of benzene rings is 1. The van der Waals surface area contributed by atoms with Crippen molar-refractivity contribution in [2.45, 2.75) is 19.4 Å². The third kappa shape index (κ3) is 3.14. The highest BCUT2D eigenvalue weighted by Gasteiger charge is 2.26. The molecule has 1 fully saturated rings. The zero-order valence-corrected chi connectivity index (χ0v) is 11.4. The number of carbonyl (C=O) groups excluding carboxylic acids is 1. The molecule has 4 nitrogen and oxygen atoms in total. The quantitative estimate of drug-likeness (QED) is 0.793. The Hall–Kier alpha value is -1.93. The highest BCUT2D eigenvalue weighted by molar-refractivity contribution is 5.72. The van der Waals surface area contributed by atoms with E-state index in [1.807, 2.05) is 11.0 Å². The molecule has 0 aromatic heterocycles. The lowest BCUT2D eigenvalue weighted by Gasteiger charge is -2.31. The van der Waals surface area contributed by atoms with E-state index in [2.05, 4.69) is 0 Å². The summed E-state index contributed by atoms with van der Waals surface area (Å²) in [6.07, 6.45) is 1.70. The zero-order chi connectivity index (χ0) is 14.5. The first-order chi connectivity index (χ1) is 9.65. The molecule has 0 unspecified atom stereocenters. The molecule has 1 saturated heterocycles. The maximum absolute atomic E-state index is 14.0. The van der Waals surface area contributed by atoms with E-state index in [0.717, 1.165) is 19.4 Å². The van der Waals surface area contributed by atoms with E-state index in [-0.39, 0.29) is 17.5 Å². The van der Waals surface area contributed by atoms with Crippen molar-refractivity contribution in [2.24, 2.45) is 5.92 Å². The van der Waals surface area contributed by atoms with Gasteiger partial charge in [0, 0.05) is 18.7 Å². The van der Waals surface area contributed by atoms with Gasteiger partial charge in [-0.15, -0.1) is 0 Å². The Labute approximate surface area is 117 Å². The van der Waals surface area contributed by atoms with Crippen molar-refractivity contribution in [1.82, 2.24) is 4.90 Å². The number of hydrogen-bond donors (Lipinski definition) is 0. The zero-order valence-electron chi connectivity index (χ0n) is 11.4. The standard InChI is InChI=1S/C15H17FN2O2/c1-20-15(19)13-6-3-7-18(10-13)9-12-5-2-4-11(8-17)14(12)16/h2,4-5,13H,3,6-7,9-10H2,1H3/t13-/m0/s1. The number of nitrogens with zero attached hydrogens (tertiary/aromatic N) is 2. The van der Waals surface area contributed by atoms with E-state index in [1.165, 1.54) is 13.2 Å². The maximum atomic E-state index is 14.0. The summed E-state index contributed by atoms with van der Waals surface area (Å²) in [5.74, 6) is -0.813. The molecular formula is C15H17FN2O2. The number of carbonyl (C=O) groups is 1. The third-order valence-corrected chi connectivity index (χ3v) is 3.63. The highest BCUT2D eigenvalue weighted by Crippen LogP contribution is 2.21. The molecule has 5 heteroatoms. The van der Waals surface area contributed by atoms with E-state index in [0.29, 0.717) is 18.7 Å². The topological polar surface area (TPSA) is 53.3 Å². The number of hydrogen-bond acceptors (Lipinski definition) is 4. The first kappa shape index (κ1) is 14.5. The average Bonchev–Trinajstić information content (AvgIpc) is 2.49. The largest absolute Gasteiger partial charge is 0.469 e. The van der Waals surface area contributed by atoms with Crippen LogP contribution in [0.5, 0.6) is 0 Å². The molecule has 1 atom stereocenters. The lowest BCUT2D eigenvalue weighted by atomic mass is 9.97. The number of halogens is 1. The molecule has 1 aliphatic rings. The van der Waals surface area contributed by atoms with Crippen molar-refractivity contribution in [2.75, 3.05) is 20.2 Å². The van der Waals surface area contributed by atoms with Crippen molar-refractivity contribution < 1.29 is 13.9 Å². The predicted molar refractivity (Wildman–Crippen MR) is 71.1 cm³/mol. The highest BCUT2D eigenvalue weighted by atomic mass is 19.1. The number of methoxy groups -OCH3 is 1. The van der Waals surface area contributed by atoms with Crippen molar-refractivity contribution in [3.05, 3.63) is 35.1 Å². The van der Waals surface area contributed by atoms with E-state index < -0.39 is 5.82 Å². The van der Waals surface area contributed by atoms with Crippen LogP contribution in [-0.4, -0.2) is 31.1 Å². The molecule has 0 amide bonds. The van der Waals surface area contributed by atoms with Gasteiger partial charge in [0.1, 0.15) is 11.9 Å². The summed E-state index contributed by atoms with van der Waals surface area (Å²) in [5.41, 5.74) is 0.554. The van der Waals surface area contributed by atoms with Crippen LogP contribution >= 0.6 is 0 Å². The van der Waals surface area contributed by atoms with Gasteiger partial charge in [-0.1, -0.05) is 12.1 Å². The molecule has 0 N–H and O–H groups in total. The number of piperidine rings is 1. The van der Waals surface area contributed by atoms with Crippen LogP contribution in [0, 0.1) is 23.1 Å². The Morgan fingerprint density at radius 1 is 1.60 bits per heavy atom. The smallest absolute Gasteiger partial charge is 0.309 e. The molecule has 0 spiro atoms. The minimum atomic E-state index is -0.463. The normalized spacial score (nSPS) is 19.4. The molecule has 0 radical (unpaired) electrons. The van der Waals surface area contributed by atoms with Gasteiger partial charge in [0.25, 0.3) is 0 Å². The van der Waals surface area contributed by atoms with Gasteiger partial charge in [-0.05, 0) is 25.5 Å².